The van der Waals surface area contributed by atoms with Gasteiger partial charge < -0.3 is 10.4 Å². The van der Waals surface area contributed by atoms with Crippen molar-refractivity contribution in [2.75, 3.05) is 0 Å². The number of carboxylic acid groups (broad SMARTS) is 1. The molecule has 1 atom stereocenters. The first kappa shape index (κ1) is 14.3. The molecule has 2 rings (SSSR count). The third-order valence-corrected chi connectivity index (χ3v) is 2.60. The second kappa shape index (κ2) is 6.37. The van der Waals surface area contributed by atoms with Gasteiger partial charge in [-0.3, -0.25) is 9.78 Å². The molecule has 9 heteroatoms. The second-order valence-corrected chi connectivity index (χ2v) is 4.10. The Morgan fingerprint density at radius 3 is 2.95 bits per heavy atom. The number of pyridine rings is 1. The zero-order chi connectivity index (χ0) is 15.2. The van der Waals surface area contributed by atoms with Crippen LogP contribution in [0, 0.1) is 0 Å². The van der Waals surface area contributed by atoms with Crippen LogP contribution in [-0.4, -0.2) is 42.6 Å². The van der Waals surface area contributed by atoms with Gasteiger partial charge in [0.05, 0.1) is 6.04 Å². The Morgan fingerprint density at radius 1 is 1.48 bits per heavy atom. The number of aromatic amines is 1. The number of tetrazole rings is 1. The zero-order valence-electron chi connectivity index (χ0n) is 11.0. The highest BCUT2D eigenvalue weighted by molar-refractivity contribution is 5.98. The number of carbonyl (C=O) groups is 2. The van der Waals surface area contributed by atoms with Crippen LogP contribution in [0.15, 0.2) is 24.5 Å². The van der Waals surface area contributed by atoms with Crippen LogP contribution in [0.1, 0.15) is 34.7 Å². The van der Waals surface area contributed by atoms with E-state index in [4.69, 9.17) is 5.11 Å². The van der Waals surface area contributed by atoms with Crippen LogP contribution in [0.2, 0.25) is 0 Å². The number of nitrogens with zero attached hydrogens (tertiary/aromatic N) is 4. The molecule has 0 bridgehead atoms. The minimum absolute atomic E-state index is 0.304. The monoisotopic (exact) mass is 288 g/mol. The Kier molecular flexibility index (Phi) is 4.34. The molecule has 0 aromatic carbocycles. The second-order valence-electron chi connectivity index (χ2n) is 4.10. The lowest BCUT2D eigenvalue weighted by molar-refractivity contribution is -0.131. The minimum atomic E-state index is -1.11. The molecule has 21 heavy (non-hydrogen) atoms. The maximum Gasteiger partial charge on any atom is 0.328 e. The number of hydrogen-bond donors (Lipinski definition) is 3. The van der Waals surface area contributed by atoms with E-state index in [1.165, 1.54) is 24.5 Å². The van der Waals surface area contributed by atoms with Crippen LogP contribution in [0.5, 0.6) is 0 Å². The highest BCUT2D eigenvalue weighted by Crippen LogP contribution is 2.12. The Labute approximate surface area is 119 Å². The first-order valence-electron chi connectivity index (χ1n) is 5.97. The fourth-order valence-corrected chi connectivity index (χ4v) is 1.60. The molecular weight excluding hydrogens is 276 g/mol. The average Bonchev–Trinajstić information content (AvgIpc) is 2.99. The predicted molar refractivity (Wildman–Crippen MR) is 71.0 cm³/mol. The van der Waals surface area contributed by atoms with E-state index < -0.39 is 12.0 Å². The highest BCUT2D eigenvalue weighted by atomic mass is 16.4. The molecule has 0 radical (unpaired) electrons. The number of carboxylic acids is 1. The number of aromatic nitrogens is 5. The molecule has 2 heterocycles. The summed E-state index contributed by atoms with van der Waals surface area (Å²) in [7, 11) is 0. The summed E-state index contributed by atoms with van der Waals surface area (Å²) >= 11 is 0. The van der Waals surface area contributed by atoms with E-state index in [0.717, 1.165) is 6.08 Å². The summed E-state index contributed by atoms with van der Waals surface area (Å²) in [5.41, 5.74) is 0.704. The Balaban J connectivity index is 2.17. The molecule has 0 fully saturated rings. The van der Waals surface area contributed by atoms with Crippen molar-refractivity contribution in [1.82, 2.24) is 30.9 Å². The van der Waals surface area contributed by atoms with E-state index in [9.17, 15) is 9.59 Å². The molecule has 0 aliphatic rings. The van der Waals surface area contributed by atoms with Gasteiger partial charge in [0.1, 0.15) is 0 Å². The van der Waals surface area contributed by atoms with E-state index in [-0.39, 0.29) is 5.91 Å². The van der Waals surface area contributed by atoms with Crippen molar-refractivity contribution >= 4 is 18.0 Å². The summed E-state index contributed by atoms with van der Waals surface area (Å²) < 4.78 is 0. The molecule has 108 valence electrons. The normalized spacial score (nSPS) is 12.2. The highest BCUT2D eigenvalue weighted by Gasteiger charge is 2.16. The SMILES string of the molecule is CC(NC(=O)c1ccncc1C=CC(=O)O)c1nn[nH]n1. The first-order valence-corrected chi connectivity index (χ1v) is 5.97. The van der Waals surface area contributed by atoms with Gasteiger partial charge >= 0.3 is 5.97 Å². The van der Waals surface area contributed by atoms with Gasteiger partial charge in [-0.25, -0.2) is 4.79 Å². The van der Waals surface area contributed by atoms with Gasteiger partial charge in [-0.2, -0.15) is 5.21 Å². The third-order valence-electron chi connectivity index (χ3n) is 2.60. The average molecular weight is 288 g/mol. The molecule has 1 amide bonds. The summed E-state index contributed by atoms with van der Waals surface area (Å²) in [5, 5.41) is 24.6. The lowest BCUT2D eigenvalue weighted by Gasteiger charge is -2.11. The van der Waals surface area contributed by atoms with Crippen LogP contribution >= 0.6 is 0 Å². The van der Waals surface area contributed by atoms with E-state index in [2.05, 4.69) is 30.9 Å². The topological polar surface area (TPSA) is 134 Å². The van der Waals surface area contributed by atoms with Crippen molar-refractivity contribution < 1.29 is 14.7 Å². The van der Waals surface area contributed by atoms with Gasteiger partial charge in [0.2, 0.25) is 0 Å². The lowest BCUT2D eigenvalue weighted by atomic mass is 10.1. The van der Waals surface area contributed by atoms with Gasteiger partial charge in [0.15, 0.2) is 5.82 Å². The smallest absolute Gasteiger partial charge is 0.328 e. The fourth-order valence-electron chi connectivity index (χ4n) is 1.60. The third kappa shape index (κ3) is 3.69. The molecule has 2 aromatic heterocycles. The summed E-state index contributed by atoms with van der Waals surface area (Å²) in [6, 6.07) is 1.06. The van der Waals surface area contributed by atoms with Crippen LogP contribution in [0.3, 0.4) is 0 Å². The number of amides is 1. The first-order chi connectivity index (χ1) is 10.1. The van der Waals surface area contributed by atoms with E-state index in [1.54, 1.807) is 6.92 Å². The molecule has 0 aliphatic heterocycles. The summed E-state index contributed by atoms with van der Waals surface area (Å²) in [6.45, 7) is 1.71. The Bertz CT molecular complexity index is 667. The lowest BCUT2D eigenvalue weighted by Crippen LogP contribution is -2.28. The van der Waals surface area contributed by atoms with Crippen LogP contribution in [-0.2, 0) is 4.79 Å². The van der Waals surface area contributed by atoms with Crippen molar-refractivity contribution in [3.63, 3.8) is 0 Å². The summed E-state index contributed by atoms with van der Waals surface area (Å²) in [4.78, 5) is 26.6. The number of carbonyl (C=O) groups excluding carboxylic acids is 1. The van der Waals surface area contributed by atoms with Gasteiger partial charge in [0, 0.05) is 29.6 Å². The van der Waals surface area contributed by atoms with Crippen LogP contribution in [0.25, 0.3) is 6.08 Å². The van der Waals surface area contributed by atoms with Crippen molar-refractivity contribution in [2.45, 2.75) is 13.0 Å². The van der Waals surface area contributed by atoms with Crippen molar-refractivity contribution in [3.05, 3.63) is 41.5 Å². The predicted octanol–water partition coefficient (Wildman–Crippen LogP) is 0.183. The molecule has 0 aliphatic carbocycles. The number of H-pyrrole nitrogens is 1. The molecule has 3 N–H and O–H groups in total. The molecule has 9 nitrogen and oxygen atoms in total. The van der Waals surface area contributed by atoms with Gasteiger partial charge in [-0.05, 0) is 19.1 Å². The number of hydrogen-bond acceptors (Lipinski definition) is 6. The Hall–Kier alpha value is -3.10. The maximum absolute atomic E-state index is 12.2. The van der Waals surface area contributed by atoms with Gasteiger partial charge in [-0.1, -0.05) is 5.21 Å². The molecule has 0 spiro atoms. The zero-order valence-corrected chi connectivity index (χ0v) is 11.0. The molecule has 0 saturated heterocycles. The molecule has 2 aromatic rings. The van der Waals surface area contributed by atoms with Crippen molar-refractivity contribution in [1.29, 1.82) is 0 Å². The van der Waals surface area contributed by atoms with E-state index >= 15 is 0 Å². The summed E-state index contributed by atoms with van der Waals surface area (Å²) in [6.07, 6.45) is 5.11. The van der Waals surface area contributed by atoms with E-state index in [1.807, 2.05) is 0 Å². The number of nitrogens with one attached hydrogen (secondary N) is 2. The Morgan fingerprint density at radius 2 is 2.29 bits per heavy atom. The van der Waals surface area contributed by atoms with Crippen LogP contribution in [0.4, 0.5) is 0 Å². The number of rotatable bonds is 5. The van der Waals surface area contributed by atoms with Gasteiger partial charge in [-0.15, -0.1) is 10.2 Å². The molecule has 1 unspecified atom stereocenters. The van der Waals surface area contributed by atoms with Crippen molar-refractivity contribution in [3.8, 4) is 0 Å². The van der Waals surface area contributed by atoms with E-state index in [0.29, 0.717) is 17.0 Å². The minimum Gasteiger partial charge on any atom is -0.478 e. The fraction of sp³-hybridized carbons (Fsp3) is 0.167. The van der Waals surface area contributed by atoms with Crippen LogP contribution < -0.4 is 5.32 Å². The van der Waals surface area contributed by atoms with Crippen molar-refractivity contribution in [2.24, 2.45) is 0 Å². The molecule has 0 saturated carbocycles. The summed E-state index contributed by atoms with van der Waals surface area (Å²) in [5.74, 6) is -1.15. The molecular formula is C12H12N6O3. The quantitative estimate of drug-likeness (QED) is 0.668. The standard InChI is InChI=1S/C12H12N6O3/c1-7(11-15-17-18-16-11)14-12(21)9-4-5-13-6-8(9)2-3-10(19)20/h2-7H,1H3,(H,14,21)(H,19,20)(H,15,16,17,18). The largest absolute Gasteiger partial charge is 0.478 e. The number of aliphatic carboxylic acids is 1. The maximum atomic E-state index is 12.2. The van der Waals surface area contributed by atoms with Gasteiger partial charge in [0.25, 0.3) is 5.91 Å².